The predicted octanol–water partition coefficient (Wildman–Crippen LogP) is 0.441. The monoisotopic (exact) mass is 172 g/mol. The van der Waals surface area contributed by atoms with Gasteiger partial charge in [0.15, 0.2) is 0 Å². The number of hydrogen-bond acceptors (Lipinski definition) is 4. The van der Waals surface area contributed by atoms with E-state index in [1.54, 1.807) is 0 Å². The van der Waals surface area contributed by atoms with Gasteiger partial charge in [-0.15, -0.1) is 0 Å². The molecule has 1 aliphatic rings. The highest BCUT2D eigenvalue weighted by Crippen LogP contribution is 1.97. The molecule has 0 saturated carbocycles. The molecular weight excluding hydrogens is 152 g/mol. The van der Waals surface area contributed by atoms with Crippen LogP contribution in [0.3, 0.4) is 0 Å². The molecule has 1 aliphatic heterocycles. The van der Waals surface area contributed by atoms with Crippen molar-refractivity contribution in [2.45, 2.75) is 51.9 Å². The number of rotatable bonds is 4. The van der Waals surface area contributed by atoms with Gasteiger partial charge in [0.2, 0.25) is 0 Å². The van der Waals surface area contributed by atoms with Gasteiger partial charge in [0.1, 0.15) is 0 Å². The van der Waals surface area contributed by atoms with Crippen LogP contribution in [0.4, 0.5) is 0 Å². The molecule has 1 heterocycles. The smallest absolute Gasteiger partial charge is 0.0832 e. The van der Waals surface area contributed by atoms with Gasteiger partial charge in [0, 0.05) is 0 Å². The summed E-state index contributed by atoms with van der Waals surface area (Å²) in [7, 11) is 0. The van der Waals surface area contributed by atoms with Gasteiger partial charge >= 0.3 is 0 Å². The van der Waals surface area contributed by atoms with E-state index in [1.165, 1.54) is 12.8 Å². The lowest BCUT2D eigenvalue weighted by Gasteiger charge is -2.32. The summed E-state index contributed by atoms with van der Waals surface area (Å²) < 4.78 is 0. The highest BCUT2D eigenvalue weighted by atomic mass is 15.6. The van der Waals surface area contributed by atoms with Gasteiger partial charge in [-0.25, -0.2) is 21.7 Å². The molecule has 4 N–H and O–H groups in total. The van der Waals surface area contributed by atoms with E-state index in [0.29, 0.717) is 12.3 Å². The Kier molecular flexibility index (Phi) is 4.53. The van der Waals surface area contributed by atoms with Crippen molar-refractivity contribution in [1.29, 1.82) is 0 Å². The average molecular weight is 172 g/mol. The molecule has 0 bridgehead atoms. The fourth-order valence-corrected chi connectivity index (χ4v) is 1.34. The maximum Gasteiger partial charge on any atom is 0.0832 e. The predicted molar refractivity (Wildman–Crippen MR) is 49.9 cm³/mol. The van der Waals surface area contributed by atoms with E-state index >= 15 is 0 Å². The molecule has 0 radical (unpaired) electrons. The average Bonchev–Trinajstić information content (AvgIpc) is 2.09. The van der Waals surface area contributed by atoms with Crippen molar-refractivity contribution in [1.82, 2.24) is 21.7 Å². The van der Waals surface area contributed by atoms with Crippen LogP contribution in [0.15, 0.2) is 0 Å². The Hall–Kier alpha value is -0.160. The zero-order chi connectivity index (χ0) is 8.81. The Balaban J connectivity index is 2.11. The molecule has 0 aromatic rings. The van der Waals surface area contributed by atoms with Crippen LogP contribution >= 0.6 is 0 Å². The Bertz CT molecular complexity index is 95.6. The summed E-state index contributed by atoms with van der Waals surface area (Å²) in [5, 5.41) is 0. The van der Waals surface area contributed by atoms with Crippen LogP contribution in [-0.4, -0.2) is 12.3 Å². The van der Waals surface area contributed by atoms with Crippen LogP contribution in [-0.2, 0) is 0 Å². The van der Waals surface area contributed by atoms with Gasteiger partial charge in [0.05, 0.1) is 12.3 Å². The molecule has 72 valence electrons. The first kappa shape index (κ1) is 9.92. The van der Waals surface area contributed by atoms with Crippen LogP contribution in [0, 0.1) is 0 Å². The van der Waals surface area contributed by atoms with Crippen LogP contribution in [0.1, 0.15) is 39.5 Å². The van der Waals surface area contributed by atoms with E-state index in [9.17, 15) is 0 Å². The summed E-state index contributed by atoms with van der Waals surface area (Å²) in [4.78, 5) is 0. The zero-order valence-corrected chi connectivity index (χ0v) is 7.98. The Morgan fingerprint density at radius 2 is 1.08 bits per heavy atom. The lowest BCUT2D eigenvalue weighted by molar-refractivity contribution is 0.175. The lowest BCUT2D eigenvalue weighted by atomic mass is 10.2. The topological polar surface area (TPSA) is 48.1 Å². The first-order valence-corrected chi connectivity index (χ1v) is 4.89. The second-order valence-corrected chi connectivity index (χ2v) is 3.26. The molecule has 1 saturated heterocycles. The van der Waals surface area contributed by atoms with Gasteiger partial charge in [-0.2, -0.15) is 0 Å². The first-order chi connectivity index (χ1) is 5.86. The molecule has 0 aromatic carbocycles. The molecule has 1 rings (SSSR count). The van der Waals surface area contributed by atoms with E-state index < -0.39 is 0 Å². The summed E-state index contributed by atoms with van der Waals surface area (Å²) in [6.07, 6.45) is 5.38. The van der Waals surface area contributed by atoms with Crippen molar-refractivity contribution >= 4 is 0 Å². The summed E-state index contributed by atoms with van der Waals surface area (Å²) in [6, 6.07) is 0. The van der Waals surface area contributed by atoms with Gasteiger partial charge in [-0.05, 0) is 12.8 Å². The molecule has 0 spiro atoms. The van der Waals surface area contributed by atoms with E-state index in [2.05, 4.69) is 35.6 Å². The number of hydrazine groups is 2. The molecule has 0 atom stereocenters. The fourth-order valence-electron chi connectivity index (χ4n) is 1.34. The molecule has 0 unspecified atom stereocenters. The van der Waals surface area contributed by atoms with Gasteiger partial charge in [-0.1, -0.05) is 26.7 Å². The molecule has 12 heavy (non-hydrogen) atoms. The van der Waals surface area contributed by atoms with E-state index in [1.807, 2.05) is 0 Å². The normalized spacial score (nSPS) is 30.5. The van der Waals surface area contributed by atoms with Gasteiger partial charge in [0.25, 0.3) is 0 Å². The Morgan fingerprint density at radius 1 is 0.750 bits per heavy atom. The largest absolute Gasteiger partial charge is 0.238 e. The third-order valence-corrected chi connectivity index (χ3v) is 2.02. The SMILES string of the molecule is CCCC1NNC(CCC)NN1. The molecule has 0 aliphatic carbocycles. The molecule has 4 heteroatoms. The first-order valence-electron chi connectivity index (χ1n) is 4.89. The minimum Gasteiger partial charge on any atom is -0.238 e. The standard InChI is InChI=1S/C8H20N4/c1-3-5-7-9-11-8(6-4-2)12-10-7/h7-12H,3-6H2,1-2H3. The van der Waals surface area contributed by atoms with E-state index in [0.717, 1.165) is 12.8 Å². The van der Waals surface area contributed by atoms with Crippen molar-refractivity contribution < 1.29 is 0 Å². The molecule has 1 fully saturated rings. The summed E-state index contributed by atoms with van der Waals surface area (Å²) in [5.41, 5.74) is 12.9. The van der Waals surface area contributed by atoms with Crippen LogP contribution in [0.25, 0.3) is 0 Å². The van der Waals surface area contributed by atoms with Crippen molar-refractivity contribution in [3.8, 4) is 0 Å². The lowest BCUT2D eigenvalue weighted by Crippen LogP contribution is -2.68. The van der Waals surface area contributed by atoms with Crippen molar-refractivity contribution in [2.75, 3.05) is 0 Å². The summed E-state index contributed by atoms with van der Waals surface area (Å²) >= 11 is 0. The van der Waals surface area contributed by atoms with E-state index in [4.69, 9.17) is 0 Å². The third kappa shape index (κ3) is 3.06. The second kappa shape index (κ2) is 5.48. The maximum absolute atomic E-state index is 3.23. The van der Waals surface area contributed by atoms with Crippen molar-refractivity contribution in [3.05, 3.63) is 0 Å². The minimum absolute atomic E-state index is 0.364. The molecule has 4 nitrogen and oxygen atoms in total. The fraction of sp³-hybridized carbons (Fsp3) is 1.00. The highest BCUT2D eigenvalue weighted by Gasteiger charge is 2.16. The molecule has 0 amide bonds. The maximum atomic E-state index is 3.23. The third-order valence-electron chi connectivity index (χ3n) is 2.02. The highest BCUT2D eigenvalue weighted by molar-refractivity contribution is 4.69. The van der Waals surface area contributed by atoms with E-state index in [-0.39, 0.29) is 0 Å². The summed E-state index contributed by atoms with van der Waals surface area (Å²) in [6.45, 7) is 4.36. The number of hydrogen-bond donors (Lipinski definition) is 4. The van der Waals surface area contributed by atoms with Crippen LogP contribution < -0.4 is 21.7 Å². The Morgan fingerprint density at radius 3 is 1.33 bits per heavy atom. The molecular formula is C8H20N4. The van der Waals surface area contributed by atoms with Crippen molar-refractivity contribution in [2.24, 2.45) is 0 Å². The minimum atomic E-state index is 0.364. The Labute approximate surface area is 74.4 Å². The van der Waals surface area contributed by atoms with Crippen LogP contribution in [0.5, 0.6) is 0 Å². The second-order valence-electron chi connectivity index (χ2n) is 3.26. The zero-order valence-electron chi connectivity index (χ0n) is 7.98. The quantitative estimate of drug-likeness (QED) is 0.497. The van der Waals surface area contributed by atoms with Gasteiger partial charge in [-0.3, -0.25) is 0 Å². The van der Waals surface area contributed by atoms with Crippen LogP contribution in [0.2, 0.25) is 0 Å². The summed E-state index contributed by atoms with van der Waals surface area (Å²) in [5.74, 6) is 0. The van der Waals surface area contributed by atoms with Gasteiger partial charge < -0.3 is 0 Å². The van der Waals surface area contributed by atoms with Crippen molar-refractivity contribution in [3.63, 3.8) is 0 Å². The number of nitrogens with one attached hydrogen (secondary N) is 4. The molecule has 0 aromatic heterocycles.